The van der Waals surface area contributed by atoms with Crippen LogP contribution in [0.3, 0.4) is 0 Å². The molecule has 1 heteroatoms. The molecule has 0 amide bonds. The van der Waals surface area contributed by atoms with Crippen LogP contribution in [0.5, 0.6) is 0 Å². The molecule has 0 saturated heterocycles. The zero-order valence-electron chi connectivity index (χ0n) is 8.60. The van der Waals surface area contributed by atoms with Crippen molar-refractivity contribution in [1.29, 1.82) is 0 Å². The van der Waals surface area contributed by atoms with Crippen LogP contribution in [0.25, 0.3) is 0 Å². The second-order valence-electron chi connectivity index (χ2n) is 3.88. The summed E-state index contributed by atoms with van der Waals surface area (Å²) < 4.78 is 13.3. The summed E-state index contributed by atoms with van der Waals surface area (Å²) >= 11 is 0. The van der Waals surface area contributed by atoms with Crippen molar-refractivity contribution in [1.82, 2.24) is 0 Å². The van der Waals surface area contributed by atoms with E-state index in [0.717, 1.165) is 18.4 Å². The number of rotatable bonds is 3. The minimum Gasteiger partial charge on any atom is -0.207 e. The number of hydrogen-bond acceptors (Lipinski definition) is 0. The van der Waals surface area contributed by atoms with Crippen molar-refractivity contribution in [2.24, 2.45) is 5.92 Å². The van der Waals surface area contributed by atoms with Crippen LogP contribution in [0.4, 0.5) is 4.39 Å². The molecule has 0 aromatic heterocycles. The highest BCUT2D eigenvalue weighted by Crippen LogP contribution is 2.15. The van der Waals surface area contributed by atoms with Gasteiger partial charge in [-0.1, -0.05) is 32.9 Å². The number of aryl methyl sites for hydroxylation is 1. The molecule has 0 aliphatic rings. The summed E-state index contributed by atoms with van der Waals surface area (Å²) in [4.78, 5) is 0. The van der Waals surface area contributed by atoms with E-state index in [2.05, 4.69) is 20.8 Å². The molecule has 0 saturated carbocycles. The molecule has 0 spiro atoms. The van der Waals surface area contributed by atoms with E-state index in [-0.39, 0.29) is 5.82 Å². The van der Waals surface area contributed by atoms with Gasteiger partial charge in [-0.05, 0) is 36.0 Å². The van der Waals surface area contributed by atoms with Crippen molar-refractivity contribution in [3.8, 4) is 0 Å². The molecule has 0 aliphatic carbocycles. The first-order chi connectivity index (χ1) is 6.13. The third-order valence-corrected chi connectivity index (χ3v) is 2.15. The highest BCUT2D eigenvalue weighted by molar-refractivity contribution is 5.25. The Morgan fingerprint density at radius 1 is 1.31 bits per heavy atom. The van der Waals surface area contributed by atoms with Crippen LogP contribution in [0.15, 0.2) is 18.2 Å². The predicted molar refractivity (Wildman–Crippen MR) is 54.3 cm³/mol. The van der Waals surface area contributed by atoms with Gasteiger partial charge in [-0.2, -0.15) is 0 Å². The van der Waals surface area contributed by atoms with E-state index in [4.69, 9.17) is 0 Å². The summed E-state index contributed by atoms with van der Waals surface area (Å²) in [5.41, 5.74) is 2.08. The molecule has 0 bridgehead atoms. The standard InChI is InChI=1S/C12H17F/c1-4-10-5-6-12(13)11(8-10)7-9(2)3/h5-6,8-9H,4,7H2,1-3H3. The van der Waals surface area contributed by atoms with Crippen LogP contribution in [0, 0.1) is 11.7 Å². The Labute approximate surface area is 79.8 Å². The maximum atomic E-state index is 13.3. The first-order valence-electron chi connectivity index (χ1n) is 4.90. The molecule has 0 nitrogen and oxygen atoms in total. The fourth-order valence-corrected chi connectivity index (χ4v) is 1.44. The average Bonchev–Trinajstić information content (AvgIpc) is 2.08. The van der Waals surface area contributed by atoms with Gasteiger partial charge in [-0.25, -0.2) is 4.39 Å². The van der Waals surface area contributed by atoms with Crippen molar-refractivity contribution in [3.63, 3.8) is 0 Å². The Morgan fingerprint density at radius 2 is 2.00 bits per heavy atom. The normalized spacial score (nSPS) is 10.8. The largest absolute Gasteiger partial charge is 0.207 e. The summed E-state index contributed by atoms with van der Waals surface area (Å²) in [6, 6.07) is 5.42. The molecule has 0 fully saturated rings. The Balaban J connectivity index is 2.90. The lowest BCUT2D eigenvalue weighted by Crippen LogP contribution is -1.98. The molecule has 1 rings (SSSR count). The second kappa shape index (κ2) is 4.40. The van der Waals surface area contributed by atoms with Gasteiger partial charge in [0.25, 0.3) is 0 Å². The van der Waals surface area contributed by atoms with Gasteiger partial charge in [-0.15, -0.1) is 0 Å². The zero-order valence-corrected chi connectivity index (χ0v) is 8.60. The van der Waals surface area contributed by atoms with Crippen LogP contribution >= 0.6 is 0 Å². The lowest BCUT2D eigenvalue weighted by atomic mass is 10.00. The van der Waals surface area contributed by atoms with E-state index in [9.17, 15) is 4.39 Å². The Morgan fingerprint density at radius 3 is 2.54 bits per heavy atom. The van der Waals surface area contributed by atoms with E-state index >= 15 is 0 Å². The molecule has 0 N–H and O–H groups in total. The summed E-state index contributed by atoms with van der Waals surface area (Å²) in [6.45, 7) is 6.31. The zero-order chi connectivity index (χ0) is 9.84. The van der Waals surface area contributed by atoms with Gasteiger partial charge < -0.3 is 0 Å². The maximum absolute atomic E-state index is 13.3. The Kier molecular flexibility index (Phi) is 3.47. The van der Waals surface area contributed by atoms with Gasteiger partial charge in [0.15, 0.2) is 0 Å². The first kappa shape index (κ1) is 10.2. The molecule has 13 heavy (non-hydrogen) atoms. The van der Waals surface area contributed by atoms with E-state index in [0.29, 0.717) is 5.92 Å². The van der Waals surface area contributed by atoms with E-state index in [1.165, 1.54) is 5.56 Å². The Bertz CT molecular complexity index is 276. The van der Waals surface area contributed by atoms with Crippen LogP contribution in [0.1, 0.15) is 31.9 Å². The van der Waals surface area contributed by atoms with Crippen molar-refractivity contribution >= 4 is 0 Å². The molecule has 1 aromatic carbocycles. The van der Waals surface area contributed by atoms with E-state index in [1.54, 1.807) is 6.07 Å². The molecule has 0 aliphatic heterocycles. The third-order valence-electron chi connectivity index (χ3n) is 2.15. The predicted octanol–water partition coefficient (Wildman–Crippen LogP) is 3.59. The van der Waals surface area contributed by atoms with Gasteiger partial charge in [0.1, 0.15) is 5.82 Å². The lowest BCUT2D eigenvalue weighted by molar-refractivity contribution is 0.573. The molecular weight excluding hydrogens is 163 g/mol. The van der Waals surface area contributed by atoms with E-state index < -0.39 is 0 Å². The van der Waals surface area contributed by atoms with Gasteiger partial charge in [0, 0.05) is 0 Å². The van der Waals surface area contributed by atoms with Gasteiger partial charge in [0.2, 0.25) is 0 Å². The van der Waals surface area contributed by atoms with Crippen molar-refractivity contribution in [3.05, 3.63) is 35.1 Å². The van der Waals surface area contributed by atoms with Crippen molar-refractivity contribution in [2.45, 2.75) is 33.6 Å². The molecule has 0 heterocycles. The summed E-state index contributed by atoms with van der Waals surface area (Å²) in [7, 11) is 0. The highest BCUT2D eigenvalue weighted by Gasteiger charge is 2.04. The summed E-state index contributed by atoms with van der Waals surface area (Å²) in [5.74, 6) is 0.451. The number of halogens is 1. The van der Waals surface area contributed by atoms with Crippen LogP contribution in [0.2, 0.25) is 0 Å². The topological polar surface area (TPSA) is 0 Å². The van der Waals surface area contributed by atoms with Crippen LogP contribution < -0.4 is 0 Å². The number of benzene rings is 1. The smallest absolute Gasteiger partial charge is 0.126 e. The fraction of sp³-hybridized carbons (Fsp3) is 0.500. The molecule has 0 unspecified atom stereocenters. The van der Waals surface area contributed by atoms with E-state index in [1.807, 2.05) is 12.1 Å². The maximum Gasteiger partial charge on any atom is 0.126 e. The van der Waals surface area contributed by atoms with Crippen LogP contribution in [-0.4, -0.2) is 0 Å². The highest BCUT2D eigenvalue weighted by atomic mass is 19.1. The SMILES string of the molecule is CCc1ccc(F)c(CC(C)C)c1. The minimum atomic E-state index is -0.0640. The third kappa shape index (κ3) is 2.83. The molecule has 0 atom stereocenters. The lowest BCUT2D eigenvalue weighted by Gasteiger charge is -2.07. The van der Waals surface area contributed by atoms with Gasteiger partial charge in [-0.3, -0.25) is 0 Å². The summed E-state index contributed by atoms with van der Waals surface area (Å²) in [5, 5.41) is 0. The fourth-order valence-electron chi connectivity index (χ4n) is 1.44. The minimum absolute atomic E-state index is 0.0640. The monoisotopic (exact) mass is 180 g/mol. The van der Waals surface area contributed by atoms with Crippen molar-refractivity contribution in [2.75, 3.05) is 0 Å². The van der Waals surface area contributed by atoms with Gasteiger partial charge in [0.05, 0.1) is 0 Å². The van der Waals surface area contributed by atoms with Crippen LogP contribution in [-0.2, 0) is 12.8 Å². The van der Waals surface area contributed by atoms with Crippen molar-refractivity contribution < 1.29 is 4.39 Å². The molecule has 0 radical (unpaired) electrons. The quantitative estimate of drug-likeness (QED) is 0.667. The molecular formula is C12H17F. The number of hydrogen-bond donors (Lipinski definition) is 0. The summed E-state index contributed by atoms with van der Waals surface area (Å²) in [6.07, 6.45) is 1.81. The first-order valence-corrected chi connectivity index (χ1v) is 4.90. The molecule has 1 aromatic rings. The van der Waals surface area contributed by atoms with Gasteiger partial charge >= 0.3 is 0 Å². The molecule has 72 valence electrons. The Hall–Kier alpha value is -0.850. The average molecular weight is 180 g/mol. The second-order valence-corrected chi connectivity index (χ2v) is 3.88.